The molecule has 0 radical (unpaired) electrons. The largest absolute Gasteiger partial charge is 0.493 e. The predicted octanol–water partition coefficient (Wildman–Crippen LogP) is 4.64. The molecule has 0 aliphatic heterocycles. The van der Waals surface area contributed by atoms with Crippen LogP contribution in [0.1, 0.15) is 18.4 Å². The van der Waals surface area contributed by atoms with E-state index >= 15 is 0 Å². The number of rotatable bonds is 7. The van der Waals surface area contributed by atoms with Crippen molar-refractivity contribution in [2.75, 3.05) is 20.8 Å². The first-order valence-corrected chi connectivity index (χ1v) is 8.57. The highest BCUT2D eigenvalue weighted by atomic mass is 32.2. The summed E-state index contributed by atoms with van der Waals surface area (Å²) >= 11 is 0.965. The predicted molar refractivity (Wildman–Crippen MR) is 98.3 cm³/mol. The Labute approximate surface area is 155 Å². The van der Waals surface area contributed by atoms with Crippen LogP contribution in [0, 0.1) is 10.1 Å². The zero-order valence-electron chi connectivity index (χ0n) is 14.6. The number of nitro groups is 1. The van der Waals surface area contributed by atoms with Gasteiger partial charge in [-0.25, -0.2) is 4.79 Å². The summed E-state index contributed by atoms with van der Waals surface area (Å²) in [5, 5.41) is 10.9. The van der Waals surface area contributed by atoms with Crippen LogP contribution in [0.3, 0.4) is 0 Å². The number of ether oxygens (including phenoxy) is 3. The van der Waals surface area contributed by atoms with Gasteiger partial charge in [-0.3, -0.25) is 10.1 Å². The van der Waals surface area contributed by atoms with E-state index in [4.69, 9.17) is 14.2 Å². The van der Waals surface area contributed by atoms with Gasteiger partial charge in [0.2, 0.25) is 0 Å². The molecule has 0 N–H and O–H groups in total. The molecule has 0 aliphatic rings. The lowest BCUT2D eigenvalue weighted by Gasteiger charge is -2.15. The van der Waals surface area contributed by atoms with E-state index in [9.17, 15) is 14.9 Å². The third-order valence-corrected chi connectivity index (χ3v) is 4.45. The third-order valence-electron chi connectivity index (χ3n) is 3.66. The number of hydrogen-bond acceptors (Lipinski definition) is 7. The molecule has 0 aliphatic carbocycles. The fraction of sp³-hybridized carbons (Fsp3) is 0.278. The molecule has 0 saturated carbocycles. The number of benzene rings is 2. The van der Waals surface area contributed by atoms with Gasteiger partial charge < -0.3 is 14.2 Å². The first-order chi connectivity index (χ1) is 12.5. The number of carbonyl (C=O) groups excluding carboxylic acids is 1. The SMILES string of the molecule is COc1cc(C(C)COC(=O)Sc2ccccc2)c([N+](=O)[O-])cc1OC. The average molecular weight is 377 g/mol. The van der Waals surface area contributed by atoms with Gasteiger partial charge in [-0.2, -0.15) is 0 Å². The molecule has 26 heavy (non-hydrogen) atoms. The van der Waals surface area contributed by atoms with Gasteiger partial charge in [0.05, 0.1) is 31.8 Å². The Morgan fingerprint density at radius 2 is 1.77 bits per heavy atom. The van der Waals surface area contributed by atoms with Gasteiger partial charge in [0, 0.05) is 16.4 Å². The lowest BCUT2D eigenvalue weighted by atomic mass is 9.99. The van der Waals surface area contributed by atoms with E-state index in [2.05, 4.69) is 0 Å². The van der Waals surface area contributed by atoms with E-state index in [1.807, 2.05) is 18.2 Å². The normalized spacial score (nSPS) is 11.5. The van der Waals surface area contributed by atoms with Crippen molar-refractivity contribution in [3.63, 3.8) is 0 Å². The summed E-state index contributed by atoms with van der Waals surface area (Å²) < 4.78 is 15.6. The van der Waals surface area contributed by atoms with E-state index in [1.54, 1.807) is 25.1 Å². The van der Waals surface area contributed by atoms with Crippen LogP contribution in [0.4, 0.5) is 10.5 Å². The second-order valence-electron chi connectivity index (χ2n) is 5.40. The van der Waals surface area contributed by atoms with Gasteiger partial charge in [0.25, 0.3) is 5.69 Å². The molecule has 2 rings (SSSR count). The molecular formula is C18H19NO6S. The average Bonchev–Trinajstić information content (AvgIpc) is 2.65. The van der Waals surface area contributed by atoms with Crippen molar-refractivity contribution in [1.29, 1.82) is 0 Å². The summed E-state index contributed by atoms with van der Waals surface area (Å²) in [5.74, 6) is 0.257. The molecule has 0 spiro atoms. The molecule has 7 nitrogen and oxygen atoms in total. The van der Waals surface area contributed by atoms with E-state index in [1.165, 1.54) is 20.3 Å². The number of hydrogen-bond donors (Lipinski definition) is 0. The smallest absolute Gasteiger partial charge is 0.372 e. The second kappa shape index (κ2) is 9.10. The molecule has 1 unspecified atom stereocenters. The van der Waals surface area contributed by atoms with Crippen LogP contribution < -0.4 is 9.47 Å². The molecule has 2 aromatic carbocycles. The maximum absolute atomic E-state index is 12.0. The Hall–Kier alpha value is -2.74. The molecule has 0 aromatic heterocycles. The topological polar surface area (TPSA) is 87.9 Å². The second-order valence-corrected chi connectivity index (χ2v) is 6.41. The summed E-state index contributed by atoms with van der Waals surface area (Å²) in [6, 6.07) is 12.0. The number of carbonyl (C=O) groups is 1. The standard InChI is InChI=1S/C18H19NO6S/c1-12(11-25-18(20)26-13-7-5-4-6-8-13)14-9-16(23-2)17(24-3)10-15(14)19(21)22/h4-10,12H,11H2,1-3H3. The Bertz CT molecular complexity index is 781. The molecule has 0 fully saturated rings. The maximum atomic E-state index is 12.0. The first-order valence-electron chi connectivity index (χ1n) is 7.76. The van der Waals surface area contributed by atoms with E-state index in [-0.39, 0.29) is 18.0 Å². The van der Waals surface area contributed by atoms with Gasteiger partial charge in [-0.15, -0.1) is 0 Å². The molecule has 0 bridgehead atoms. The summed E-state index contributed by atoms with van der Waals surface area (Å²) in [6.45, 7) is 1.75. The minimum Gasteiger partial charge on any atom is -0.493 e. The molecule has 138 valence electrons. The highest BCUT2D eigenvalue weighted by Gasteiger charge is 2.24. The lowest BCUT2D eigenvalue weighted by Crippen LogP contribution is -2.10. The fourth-order valence-corrected chi connectivity index (χ4v) is 2.95. The first kappa shape index (κ1) is 19.6. The molecule has 8 heteroatoms. The molecule has 0 heterocycles. The van der Waals surface area contributed by atoms with Crippen molar-refractivity contribution in [2.45, 2.75) is 17.7 Å². The van der Waals surface area contributed by atoms with Crippen molar-refractivity contribution in [3.05, 3.63) is 58.1 Å². The fourth-order valence-electron chi connectivity index (χ4n) is 2.33. The third kappa shape index (κ3) is 4.89. The van der Waals surface area contributed by atoms with Crippen LogP contribution in [0.15, 0.2) is 47.4 Å². The maximum Gasteiger partial charge on any atom is 0.372 e. The Morgan fingerprint density at radius 3 is 2.35 bits per heavy atom. The van der Waals surface area contributed by atoms with Crippen LogP contribution in [0.2, 0.25) is 0 Å². The summed E-state index contributed by atoms with van der Waals surface area (Å²) in [4.78, 5) is 23.6. The number of methoxy groups -OCH3 is 2. The van der Waals surface area contributed by atoms with Gasteiger partial charge in [0.1, 0.15) is 0 Å². The van der Waals surface area contributed by atoms with Crippen LogP contribution in [0.25, 0.3) is 0 Å². The van der Waals surface area contributed by atoms with Crippen LogP contribution in [-0.2, 0) is 4.74 Å². The molecule has 0 amide bonds. The molecule has 0 saturated heterocycles. The van der Waals surface area contributed by atoms with E-state index in [0.29, 0.717) is 11.3 Å². The van der Waals surface area contributed by atoms with Crippen molar-refractivity contribution in [2.24, 2.45) is 0 Å². The highest BCUT2D eigenvalue weighted by molar-refractivity contribution is 8.13. The van der Waals surface area contributed by atoms with Crippen LogP contribution in [0.5, 0.6) is 11.5 Å². The number of nitro benzene ring substituents is 1. The highest BCUT2D eigenvalue weighted by Crippen LogP contribution is 2.38. The Morgan fingerprint density at radius 1 is 1.15 bits per heavy atom. The van der Waals surface area contributed by atoms with Crippen molar-refractivity contribution in [1.82, 2.24) is 0 Å². The van der Waals surface area contributed by atoms with Crippen molar-refractivity contribution >= 4 is 22.8 Å². The van der Waals surface area contributed by atoms with Gasteiger partial charge >= 0.3 is 5.30 Å². The monoisotopic (exact) mass is 377 g/mol. The lowest BCUT2D eigenvalue weighted by molar-refractivity contribution is -0.385. The zero-order valence-corrected chi connectivity index (χ0v) is 15.4. The minimum atomic E-state index is -0.492. The number of thioether (sulfide) groups is 1. The summed E-state index contributed by atoms with van der Waals surface area (Å²) in [6.07, 6.45) is 0. The summed E-state index contributed by atoms with van der Waals surface area (Å²) in [7, 11) is 2.86. The van der Waals surface area contributed by atoms with Crippen molar-refractivity contribution in [3.8, 4) is 11.5 Å². The summed E-state index contributed by atoms with van der Waals surface area (Å²) in [5.41, 5.74) is 0.298. The van der Waals surface area contributed by atoms with Gasteiger partial charge in [0.15, 0.2) is 11.5 Å². The van der Waals surface area contributed by atoms with E-state index < -0.39 is 16.1 Å². The zero-order chi connectivity index (χ0) is 19.1. The molecule has 2 aromatic rings. The Balaban J connectivity index is 2.11. The van der Waals surface area contributed by atoms with Crippen LogP contribution in [-0.4, -0.2) is 31.1 Å². The molecular weight excluding hydrogens is 358 g/mol. The number of nitrogens with zero attached hydrogens (tertiary/aromatic N) is 1. The van der Waals surface area contributed by atoms with Crippen LogP contribution >= 0.6 is 11.8 Å². The Kier molecular flexibility index (Phi) is 6.85. The minimum absolute atomic E-state index is 0.00892. The van der Waals surface area contributed by atoms with Gasteiger partial charge in [-0.05, 0) is 30.0 Å². The van der Waals surface area contributed by atoms with Crippen molar-refractivity contribution < 1.29 is 23.9 Å². The molecule has 1 atom stereocenters. The quantitative estimate of drug-likeness (QED) is 0.300. The van der Waals surface area contributed by atoms with Gasteiger partial charge in [-0.1, -0.05) is 25.1 Å². The van der Waals surface area contributed by atoms with E-state index in [0.717, 1.165) is 16.7 Å².